The minimum atomic E-state index is -3.76. The molecule has 1 aliphatic rings. The average Bonchev–Trinajstić information content (AvgIpc) is 2.48. The van der Waals surface area contributed by atoms with Crippen molar-refractivity contribution in [2.24, 2.45) is 0 Å². The third-order valence-corrected chi connectivity index (χ3v) is 6.12. The predicted octanol–water partition coefficient (Wildman–Crippen LogP) is 2.14. The highest BCUT2D eigenvalue weighted by Gasteiger charge is 2.34. The first-order valence-corrected chi connectivity index (χ1v) is 8.65. The fourth-order valence-electron chi connectivity index (χ4n) is 2.62. The fraction of sp³-hybridized carbons (Fsp3) is 0.500. The Hall–Kier alpha value is -1.13. The summed E-state index contributed by atoms with van der Waals surface area (Å²) in [6.07, 6.45) is 2.88. The Morgan fingerprint density at radius 1 is 1.43 bits per heavy atom. The number of nitriles is 1. The molecule has 0 radical (unpaired) electrons. The summed E-state index contributed by atoms with van der Waals surface area (Å²) in [4.78, 5) is -0.0342. The smallest absolute Gasteiger partial charge is 0.244 e. The highest BCUT2D eigenvalue weighted by atomic mass is 35.5. The SMILES string of the molecule is N#Cc1ccc(Cl)c(S(=O)(=O)N2CCCCC2CCO)c1. The largest absolute Gasteiger partial charge is 0.396 e. The normalized spacial score (nSPS) is 20.1. The third-order valence-electron chi connectivity index (χ3n) is 3.68. The lowest BCUT2D eigenvalue weighted by atomic mass is 10.0. The van der Waals surface area contributed by atoms with E-state index in [-0.39, 0.29) is 28.1 Å². The Morgan fingerprint density at radius 3 is 2.86 bits per heavy atom. The van der Waals surface area contributed by atoms with Crippen molar-refractivity contribution in [2.75, 3.05) is 13.2 Å². The maximum atomic E-state index is 12.8. The number of benzene rings is 1. The summed E-state index contributed by atoms with van der Waals surface area (Å²) in [7, 11) is -3.76. The first kappa shape index (κ1) is 16.2. The molecule has 0 saturated carbocycles. The lowest BCUT2D eigenvalue weighted by Gasteiger charge is -2.34. The van der Waals surface area contributed by atoms with Crippen molar-refractivity contribution in [1.82, 2.24) is 4.31 Å². The topological polar surface area (TPSA) is 81.4 Å². The van der Waals surface area contributed by atoms with Gasteiger partial charge in [0.2, 0.25) is 10.0 Å². The number of hydrogen-bond acceptors (Lipinski definition) is 4. The van der Waals surface area contributed by atoms with Crippen molar-refractivity contribution in [1.29, 1.82) is 5.26 Å². The van der Waals surface area contributed by atoms with Gasteiger partial charge in [-0.2, -0.15) is 9.57 Å². The summed E-state index contributed by atoms with van der Waals surface area (Å²) >= 11 is 6.02. The standard InChI is InChI=1S/C14H17ClN2O3S/c15-13-5-4-11(10-16)9-14(13)21(19,20)17-7-2-1-3-12(17)6-8-18/h4-5,9,12,18H,1-3,6-8H2. The van der Waals surface area contributed by atoms with Gasteiger partial charge in [0.05, 0.1) is 16.7 Å². The molecule has 0 spiro atoms. The molecule has 0 amide bonds. The van der Waals surface area contributed by atoms with Gasteiger partial charge in [-0.15, -0.1) is 0 Å². The molecule has 5 nitrogen and oxygen atoms in total. The molecular formula is C14H17ClN2O3S. The van der Waals surface area contributed by atoms with Crippen molar-refractivity contribution in [2.45, 2.75) is 36.6 Å². The van der Waals surface area contributed by atoms with E-state index in [1.807, 2.05) is 6.07 Å². The van der Waals surface area contributed by atoms with E-state index in [9.17, 15) is 8.42 Å². The van der Waals surface area contributed by atoms with Gasteiger partial charge in [-0.3, -0.25) is 0 Å². The van der Waals surface area contributed by atoms with E-state index < -0.39 is 10.0 Å². The highest BCUT2D eigenvalue weighted by molar-refractivity contribution is 7.89. The Bertz CT molecular complexity index is 653. The summed E-state index contributed by atoms with van der Waals surface area (Å²) in [6.45, 7) is 0.364. The molecule has 0 aromatic heterocycles. The molecule has 21 heavy (non-hydrogen) atoms. The zero-order valence-corrected chi connectivity index (χ0v) is 13.1. The fourth-order valence-corrected chi connectivity index (χ4v) is 4.85. The van der Waals surface area contributed by atoms with Gasteiger partial charge in [0.15, 0.2) is 0 Å². The van der Waals surface area contributed by atoms with Crippen molar-refractivity contribution < 1.29 is 13.5 Å². The number of piperidine rings is 1. The van der Waals surface area contributed by atoms with Crippen LogP contribution in [0, 0.1) is 11.3 Å². The van der Waals surface area contributed by atoms with E-state index in [1.165, 1.54) is 22.5 Å². The quantitative estimate of drug-likeness (QED) is 0.918. The number of aliphatic hydroxyl groups is 1. The molecule has 1 aromatic carbocycles. The zero-order valence-electron chi connectivity index (χ0n) is 11.5. The average molecular weight is 329 g/mol. The minimum absolute atomic E-state index is 0.0342. The molecule has 114 valence electrons. The monoisotopic (exact) mass is 328 g/mol. The van der Waals surface area contributed by atoms with E-state index in [0.29, 0.717) is 13.0 Å². The molecule has 1 atom stereocenters. The Morgan fingerprint density at radius 2 is 2.19 bits per heavy atom. The van der Waals surface area contributed by atoms with Crippen LogP contribution in [0.2, 0.25) is 5.02 Å². The summed E-state index contributed by atoms with van der Waals surface area (Å²) in [6, 6.07) is 5.94. The first-order valence-electron chi connectivity index (χ1n) is 6.83. The second kappa shape index (κ2) is 6.75. The van der Waals surface area contributed by atoms with Gasteiger partial charge in [-0.05, 0) is 37.5 Å². The summed E-state index contributed by atoms with van der Waals surface area (Å²) < 4.78 is 27.0. The summed E-state index contributed by atoms with van der Waals surface area (Å²) in [5, 5.41) is 18.2. The Labute approximate surface area is 129 Å². The van der Waals surface area contributed by atoms with Crippen LogP contribution < -0.4 is 0 Å². The van der Waals surface area contributed by atoms with Crippen LogP contribution in [0.25, 0.3) is 0 Å². The maximum absolute atomic E-state index is 12.8. The molecule has 0 aliphatic carbocycles. The van der Waals surface area contributed by atoms with Gasteiger partial charge in [0, 0.05) is 19.2 Å². The molecule has 1 aliphatic heterocycles. The summed E-state index contributed by atoms with van der Waals surface area (Å²) in [5.74, 6) is 0. The lowest BCUT2D eigenvalue weighted by Crippen LogP contribution is -2.44. The highest BCUT2D eigenvalue weighted by Crippen LogP contribution is 2.31. The summed E-state index contributed by atoms with van der Waals surface area (Å²) in [5.41, 5.74) is 0.258. The lowest BCUT2D eigenvalue weighted by molar-refractivity contribution is 0.192. The molecule has 1 fully saturated rings. The number of nitrogens with zero attached hydrogens (tertiary/aromatic N) is 2. The van der Waals surface area contributed by atoms with Crippen LogP contribution in [-0.4, -0.2) is 37.0 Å². The molecule has 1 aromatic rings. The van der Waals surface area contributed by atoms with Crippen LogP contribution in [0.15, 0.2) is 23.1 Å². The van der Waals surface area contributed by atoms with Crippen molar-refractivity contribution in [3.8, 4) is 6.07 Å². The Balaban J connectivity index is 2.43. The molecule has 0 bridgehead atoms. The van der Waals surface area contributed by atoms with Crippen LogP contribution >= 0.6 is 11.6 Å². The third kappa shape index (κ3) is 3.38. The van der Waals surface area contributed by atoms with E-state index in [0.717, 1.165) is 19.3 Å². The zero-order chi connectivity index (χ0) is 15.5. The van der Waals surface area contributed by atoms with Crippen LogP contribution in [0.4, 0.5) is 0 Å². The van der Waals surface area contributed by atoms with Gasteiger partial charge in [0.1, 0.15) is 4.90 Å². The number of aliphatic hydroxyl groups excluding tert-OH is 1. The van der Waals surface area contributed by atoms with Gasteiger partial charge in [0.25, 0.3) is 0 Å². The van der Waals surface area contributed by atoms with Crippen molar-refractivity contribution in [3.63, 3.8) is 0 Å². The van der Waals surface area contributed by atoms with E-state index >= 15 is 0 Å². The van der Waals surface area contributed by atoms with E-state index in [1.54, 1.807) is 0 Å². The van der Waals surface area contributed by atoms with Crippen molar-refractivity contribution >= 4 is 21.6 Å². The van der Waals surface area contributed by atoms with Crippen molar-refractivity contribution in [3.05, 3.63) is 28.8 Å². The van der Waals surface area contributed by atoms with Gasteiger partial charge in [-0.25, -0.2) is 8.42 Å². The molecule has 7 heteroatoms. The molecular weight excluding hydrogens is 312 g/mol. The molecule has 2 rings (SSSR count). The van der Waals surface area contributed by atoms with Gasteiger partial charge in [-0.1, -0.05) is 18.0 Å². The predicted molar refractivity (Wildman–Crippen MR) is 79.4 cm³/mol. The van der Waals surface area contributed by atoms with Crippen LogP contribution in [0.3, 0.4) is 0 Å². The van der Waals surface area contributed by atoms with Crippen LogP contribution in [0.5, 0.6) is 0 Å². The van der Waals surface area contributed by atoms with E-state index in [2.05, 4.69) is 0 Å². The number of hydrogen-bond donors (Lipinski definition) is 1. The number of sulfonamides is 1. The number of halogens is 1. The molecule has 1 heterocycles. The second-order valence-electron chi connectivity index (χ2n) is 5.03. The first-order chi connectivity index (χ1) is 10.0. The van der Waals surface area contributed by atoms with Gasteiger partial charge >= 0.3 is 0 Å². The van der Waals surface area contributed by atoms with E-state index in [4.69, 9.17) is 22.0 Å². The second-order valence-corrected chi connectivity index (χ2v) is 7.30. The van der Waals surface area contributed by atoms with Crippen LogP contribution in [-0.2, 0) is 10.0 Å². The Kier molecular flexibility index (Phi) is 5.22. The maximum Gasteiger partial charge on any atom is 0.244 e. The molecule has 1 unspecified atom stereocenters. The molecule has 1 saturated heterocycles. The molecule has 1 N–H and O–H groups in total. The number of rotatable bonds is 4. The minimum Gasteiger partial charge on any atom is -0.396 e. The van der Waals surface area contributed by atoms with Crippen LogP contribution in [0.1, 0.15) is 31.2 Å². The van der Waals surface area contributed by atoms with Gasteiger partial charge < -0.3 is 5.11 Å².